The molecule has 0 saturated heterocycles. The van der Waals surface area contributed by atoms with Crippen LogP contribution in [0.25, 0.3) is 11.4 Å². The summed E-state index contributed by atoms with van der Waals surface area (Å²) in [6, 6.07) is 11.2. The zero-order chi connectivity index (χ0) is 26.5. The molecule has 3 aromatic rings. The third-order valence-corrected chi connectivity index (χ3v) is 4.43. The van der Waals surface area contributed by atoms with Crippen LogP contribution in [0.1, 0.15) is 17.4 Å². The Kier molecular flexibility index (Phi) is 7.82. The fourth-order valence-electron chi connectivity index (χ4n) is 2.72. The average molecular weight is 507 g/mol. The predicted octanol–water partition coefficient (Wildman–Crippen LogP) is 4.29. The monoisotopic (exact) mass is 507 g/mol. The molecule has 0 unspecified atom stereocenters. The van der Waals surface area contributed by atoms with Crippen LogP contribution in [0.15, 0.2) is 54.6 Å². The Morgan fingerprint density at radius 1 is 0.944 bits per heavy atom. The maximum absolute atomic E-state index is 13.1. The van der Waals surface area contributed by atoms with E-state index in [-0.39, 0.29) is 11.6 Å². The lowest BCUT2D eigenvalue weighted by atomic mass is 10.2. The van der Waals surface area contributed by atoms with Crippen molar-refractivity contribution in [3.8, 4) is 22.9 Å². The van der Waals surface area contributed by atoms with Crippen LogP contribution < -0.4 is 10.1 Å². The molecule has 1 heterocycles. The van der Waals surface area contributed by atoms with E-state index in [1.165, 1.54) is 55.5 Å². The molecule has 0 saturated carbocycles. The van der Waals surface area contributed by atoms with E-state index in [1.807, 2.05) is 0 Å². The summed E-state index contributed by atoms with van der Waals surface area (Å²) < 4.78 is 64.6. The molecule has 0 aliphatic carbocycles. The summed E-state index contributed by atoms with van der Waals surface area (Å²) in [7, 11) is 1.15. The normalized spacial score (nSPS) is 11.8. The molecule has 0 bridgehead atoms. The molecule has 1 N–H and O–H groups in total. The minimum absolute atomic E-state index is 0.129. The van der Waals surface area contributed by atoms with Crippen LogP contribution in [0.5, 0.6) is 11.5 Å². The molecule has 13 heteroatoms. The van der Waals surface area contributed by atoms with E-state index in [2.05, 4.69) is 24.8 Å². The van der Waals surface area contributed by atoms with Crippen molar-refractivity contribution in [3.63, 3.8) is 0 Å². The number of aromatic nitrogens is 2. The molecule has 0 aliphatic rings. The van der Waals surface area contributed by atoms with E-state index in [1.54, 1.807) is 0 Å². The molecule has 2 aromatic carbocycles. The van der Waals surface area contributed by atoms with Crippen molar-refractivity contribution in [2.75, 3.05) is 12.4 Å². The summed E-state index contributed by atoms with van der Waals surface area (Å²) in [6.07, 6.45) is -5.40. The molecular weight excluding hydrogens is 490 g/mol. The van der Waals surface area contributed by atoms with Crippen molar-refractivity contribution in [1.29, 1.82) is 0 Å². The van der Waals surface area contributed by atoms with Crippen LogP contribution in [-0.2, 0) is 19.1 Å². The number of anilines is 1. The first-order valence-corrected chi connectivity index (χ1v) is 10.1. The highest BCUT2D eigenvalue weighted by Crippen LogP contribution is 2.26. The van der Waals surface area contributed by atoms with Crippen LogP contribution in [0.4, 0.5) is 23.4 Å². The summed E-state index contributed by atoms with van der Waals surface area (Å²) in [6.45, 7) is 1.42. The molecule has 36 heavy (non-hydrogen) atoms. The van der Waals surface area contributed by atoms with Gasteiger partial charge in [0.1, 0.15) is 29.2 Å². The standard InChI is InChI=1S/C23H17F4N3O6/c1-12(20(31)34-2)28-18-11-17(21(32)36-22(33)23(25,26)27)29-19(30-18)13-3-7-15(8-4-13)35-16-9-5-14(24)6-10-16/h3-12H,1-2H3,(H,28,29,30)/t12-/m0/s1. The first-order valence-electron chi connectivity index (χ1n) is 10.1. The van der Waals surface area contributed by atoms with Gasteiger partial charge in [-0.1, -0.05) is 0 Å². The number of nitrogens with zero attached hydrogens (tertiary/aromatic N) is 2. The van der Waals surface area contributed by atoms with Gasteiger partial charge >= 0.3 is 24.1 Å². The van der Waals surface area contributed by atoms with Gasteiger partial charge in [-0.25, -0.2) is 28.7 Å². The van der Waals surface area contributed by atoms with Gasteiger partial charge in [-0.3, -0.25) is 0 Å². The number of hydrogen-bond acceptors (Lipinski definition) is 9. The second kappa shape index (κ2) is 10.8. The summed E-state index contributed by atoms with van der Waals surface area (Å²) in [4.78, 5) is 43.1. The zero-order valence-corrected chi connectivity index (χ0v) is 18.6. The molecular formula is C23H17F4N3O6. The fourth-order valence-corrected chi connectivity index (χ4v) is 2.72. The van der Waals surface area contributed by atoms with E-state index in [9.17, 15) is 31.9 Å². The van der Waals surface area contributed by atoms with E-state index in [0.29, 0.717) is 17.1 Å². The number of halogens is 4. The predicted molar refractivity (Wildman–Crippen MR) is 116 cm³/mol. The summed E-state index contributed by atoms with van der Waals surface area (Å²) >= 11 is 0. The Bertz CT molecular complexity index is 1260. The smallest absolute Gasteiger partial charge is 0.467 e. The third kappa shape index (κ3) is 6.74. The Morgan fingerprint density at radius 2 is 1.53 bits per heavy atom. The molecule has 9 nitrogen and oxygen atoms in total. The van der Waals surface area contributed by atoms with Crippen molar-refractivity contribution in [1.82, 2.24) is 9.97 Å². The lowest BCUT2D eigenvalue weighted by Gasteiger charge is -2.14. The molecule has 0 fully saturated rings. The second-order valence-electron chi connectivity index (χ2n) is 7.11. The molecule has 1 aromatic heterocycles. The maximum atomic E-state index is 13.1. The highest BCUT2D eigenvalue weighted by Gasteiger charge is 2.42. The maximum Gasteiger partial charge on any atom is 0.491 e. The first kappa shape index (κ1) is 26.1. The van der Waals surface area contributed by atoms with E-state index < -0.39 is 41.6 Å². The summed E-state index contributed by atoms with van der Waals surface area (Å²) in [5.41, 5.74) is -0.379. The van der Waals surface area contributed by atoms with Crippen LogP contribution in [-0.4, -0.2) is 47.2 Å². The number of carbonyl (C=O) groups is 3. The Hall–Kier alpha value is -4.55. The summed E-state index contributed by atoms with van der Waals surface area (Å²) in [5, 5.41) is 2.63. The lowest BCUT2D eigenvalue weighted by Crippen LogP contribution is -2.29. The van der Waals surface area contributed by atoms with Crippen LogP contribution >= 0.6 is 0 Å². The van der Waals surface area contributed by atoms with Gasteiger partial charge in [0.15, 0.2) is 11.5 Å². The number of rotatable bonds is 7. The van der Waals surface area contributed by atoms with Gasteiger partial charge in [0, 0.05) is 11.6 Å². The van der Waals surface area contributed by atoms with Gasteiger partial charge in [-0.05, 0) is 55.5 Å². The molecule has 3 rings (SSSR count). The largest absolute Gasteiger partial charge is 0.491 e. The SMILES string of the molecule is COC(=O)[C@H](C)Nc1cc(C(=O)OC(=O)C(F)(F)F)nc(-c2ccc(Oc3ccc(F)cc3)cc2)n1. The van der Waals surface area contributed by atoms with E-state index in [0.717, 1.165) is 13.2 Å². The van der Waals surface area contributed by atoms with E-state index in [4.69, 9.17) is 4.74 Å². The highest BCUT2D eigenvalue weighted by atomic mass is 19.4. The lowest BCUT2D eigenvalue weighted by molar-refractivity contribution is -0.193. The fraction of sp³-hybridized carbons (Fsp3) is 0.174. The Balaban J connectivity index is 1.91. The number of nitrogens with one attached hydrogen (secondary N) is 1. The van der Waals surface area contributed by atoms with Gasteiger partial charge in [0.2, 0.25) is 0 Å². The van der Waals surface area contributed by atoms with Gasteiger partial charge < -0.3 is 19.5 Å². The number of hydrogen-bond donors (Lipinski definition) is 1. The number of ether oxygens (including phenoxy) is 3. The number of carbonyl (C=O) groups excluding carboxylic acids is 3. The highest BCUT2D eigenvalue weighted by molar-refractivity contribution is 5.97. The average Bonchev–Trinajstić information content (AvgIpc) is 2.84. The quantitative estimate of drug-likeness (QED) is 0.284. The molecule has 0 amide bonds. The van der Waals surface area contributed by atoms with Crippen LogP contribution in [0.2, 0.25) is 0 Å². The van der Waals surface area contributed by atoms with Crippen molar-refractivity contribution in [3.05, 3.63) is 66.1 Å². The van der Waals surface area contributed by atoms with Crippen LogP contribution in [0, 0.1) is 5.82 Å². The number of methoxy groups -OCH3 is 1. The van der Waals surface area contributed by atoms with Gasteiger partial charge in [-0.2, -0.15) is 13.2 Å². The van der Waals surface area contributed by atoms with E-state index >= 15 is 0 Å². The zero-order valence-electron chi connectivity index (χ0n) is 18.6. The van der Waals surface area contributed by atoms with Crippen molar-refractivity contribution in [2.24, 2.45) is 0 Å². The van der Waals surface area contributed by atoms with Crippen molar-refractivity contribution < 1.29 is 46.2 Å². The Labute approximate surface area is 201 Å². The Morgan fingerprint density at radius 3 is 2.08 bits per heavy atom. The second-order valence-corrected chi connectivity index (χ2v) is 7.11. The number of alkyl halides is 3. The van der Waals surface area contributed by atoms with Crippen LogP contribution in [0.3, 0.4) is 0 Å². The molecule has 0 spiro atoms. The van der Waals surface area contributed by atoms with Gasteiger partial charge in [0.25, 0.3) is 0 Å². The molecule has 0 aliphatic heterocycles. The molecule has 1 atom stereocenters. The number of benzene rings is 2. The van der Waals surface area contributed by atoms with Crippen molar-refractivity contribution >= 4 is 23.7 Å². The van der Waals surface area contributed by atoms with Gasteiger partial charge in [-0.15, -0.1) is 0 Å². The third-order valence-electron chi connectivity index (χ3n) is 4.43. The minimum Gasteiger partial charge on any atom is -0.467 e. The summed E-state index contributed by atoms with van der Waals surface area (Å²) in [5.74, 6) is -5.06. The molecule has 0 radical (unpaired) electrons. The number of esters is 3. The van der Waals surface area contributed by atoms with Gasteiger partial charge in [0.05, 0.1) is 7.11 Å². The van der Waals surface area contributed by atoms with Crippen molar-refractivity contribution in [2.45, 2.75) is 19.1 Å². The first-order chi connectivity index (χ1) is 17.0. The minimum atomic E-state index is -5.40. The molecule has 188 valence electrons. The topological polar surface area (TPSA) is 117 Å².